The van der Waals surface area contributed by atoms with Gasteiger partial charge in [-0.15, -0.1) is 0 Å². The van der Waals surface area contributed by atoms with Crippen LogP contribution in [0.2, 0.25) is 0 Å². The van der Waals surface area contributed by atoms with E-state index < -0.39 is 5.97 Å². The lowest BCUT2D eigenvalue weighted by Gasteiger charge is -2.07. The minimum Gasteiger partial charge on any atom is -0.497 e. The van der Waals surface area contributed by atoms with Crippen molar-refractivity contribution in [1.29, 1.82) is 0 Å². The zero-order valence-electron chi connectivity index (χ0n) is 12.5. The van der Waals surface area contributed by atoms with Gasteiger partial charge in [-0.05, 0) is 42.0 Å². The second kappa shape index (κ2) is 8.33. The van der Waals surface area contributed by atoms with Crippen LogP contribution in [0.15, 0.2) is 53.0 Å². The third-order valence-electron chi connectivity index (χ3n) is 2.97. The Morgan fingerprint density at radius 2 is 1.87 bits per heavy atom. The summed E-state index contributed by atoms with van der Waals surface area (Å²) in [5.41, 5.74) is 1.41. The van der Waals surface area contributed by atoms with Crippen molar-refractivity contribution in [2.75, 3.05) is 19.0 Å². The first-order valence-electron chi connectivity index (χ1n) is 6.91. The molecule has 1 amide bonds. The molecule has 0 radical (unpaired) electrons. The Morgan fingerprint density at radius 3 is 2.57 bits per heavy atom. The average Bonchev–Trinajstić information content (AvgIpc) is 2.55. The minimum atomic E-state index is -0.468. The SMILES string of the molecule is COc1cccc(CC(=O)OCC(=O)Nc2ccc(Br)cc2)c1. The van der Waals surface area contributed by atoms with Crippen LogP contribution in [0.1, 0.15) is 5.56 Å². The van der Waals surface area contributed by atoms with E-state index in [1.54, 1.807) is 43.5 Å². The van der Waals surface area contributed by atoms with Crippen molar-refractivity contribution in [3.8, 4) is 5.75 Å². The first-order chi connectivity index (χ1) is 11.1. The number of carbonyl (C=O) groups excluding carboxylic acids is 2. The maximum absolute atomic E-state index is 11.8. The van der Waals surface area contributed by atoms with Crippen LogP contribution in [-0.4, -0.2) is 25.6 Å². The predicted octanol–water partition coefficient (Wildman–Crippen LogP) is 3.18. The molecule has 2 aromatic rings. The molecule has 0 aliphatic heterocycles. The Kier molecular flexibility index (Phi) is 6.17. The van der Waals surface area contributed by atoms with E-state index in [0.717, 1.165) is 10.0 Å². The van der Waals surface area contributed by atoms with Gasteiger partial charge in [-0.25, -0.2) is 0 Å². The van der Waals surface area contributed by atoms with Crippen molar-refractivity contribution >= 4 is 33.5 Å². The van der Waals surface area contributed by atoms with Gasteiger partial charge in [-0.3, -0.25) is 9.59 Å². The number of methoxy groups -OCH3 is 1. The van der Waals surface area contributed by atoms with E-state index in [4.69, 9.17) is 9.47 Å². The first kappa shape index (κ1) is 17.0. The van der Waals surface area contributed by atoms with Gasteiger partial charge in [0, 0.05) is 10.2 Å². The van der Waals surface area contributed by atoms with E-state index in [2.05, 4.69) is 21.2 Å². The Bertz CT molecular complexity index is 685. The molecule has 5 nitrogen and oxygen atoms in total. The molecular formula is C17H16BrNO4. The lowest BCUT2D eigenvalue weighted by atomic mass is 10.1. The summed E-state index contributed by atoms with van der Waals surface area (Å²) in [6.07, 6.45) is 0.0861. The highest BCUT2D eigenvalue weighted by Gasteiger charge is 2.09. The van der Waals surface area contributed by atoms with E-state index in [-0.39, 0.29) is 18.9 Å². The fraction of sp³-hybridized carbons (Fsp3) is 0.176. The highest BCUT2D eigenvalue weighted by Crippen LogP contribution is 2.14. The fourth-order valence-electron chi connectivity index (χ4n) is 1.88. The van der Waals surface area contributed by atoms with Crippen molar-refractivity contribution in [1.82, 2.24) is 0 Å². The van der Waals surface area contributed by atoms with E-state index in [1.807, 2.05) is 12.1 Å². The van der Waals surface area contributed by atoms with Gasteiger partial charge in [-0.1, -0.05) is 28.1 Å². The number of hydrogen-bond donors (Lipinski definition) is 1. The average molecular weight is 378 g/mol. The van der Waals surface area contributed by atoms with Gasteiger partial charge in [0.2, 0.25) is 0 Å². The topological polar surface area (TPSA) is 64.6 Å². The van der Waals surface area contributed by atoms with E-state index in [1.165, 1.54) is 0 Å². The molecule has 0 aromatic heterocycles. The van der Waals surface area contributed by atoms with E-state index in [9.17, 15) is 9.59 Å². The highest BCUT2D eigenvalue weighted by atomic mass is 79.9. The molecule has 0 unspecified atom stereocenters. The summed E-state index contributed by atoms with van der Waals surface area (Å²) >= 11 is 3.31. The zero-order valence-corrected chi connectivity index (χ0v) is 14.1. The van der Waals surface area contributed by atoms with Crippen LogP contribution in [0.3, 0.4) is 0 Å². The van der Waals surface area contributed by atoms with Crippen molar-refractivity contribution in [2.24, 2.45) is 0 Å². The van der Waals surface area contributed by atoms with Gasteiger partial charge in [0.1, 0.15) is 5.75 Å². The van der Waals surface area contributed by atoms with Gasteiger partial charge >= 0.3 is 5.97 Å². The molecule has 2 rings (SSSR count). The van der Waals surface area contributed by atoms with Gasteiger partial charge in [-0.2, -0.15) is 0 Å². The molecule has 0 fully saturated rings. The van der Waals surface area contributed by atoms with Crippen molar-refractivity contribution in [3.63, 3.8) is 0 Å². The summed E-state index contributed by atoms with van der Waals surface area (Å²) in [6.45, 7) is -0.321. The number of amides is 1. The molecule has 1 N–H and O–H groups in total. The van der Waals surface area contributed by atoms with E-state index in [0.29, 0.717) is 11.4 Å². The number of nitrogens with one attached hydrogen (secondary N) is 1. The maximum Gasteiger partial charge on any atom is 0.310 e. The number of ether oxygens (including phenoxy) is 2. The second-order valence-electron chi connectivity index (χ2n) is 4.74. The normalized spacial score (nSPS) is 10.0. The van der Waals surface area contributed by atoms with Crippen molar-refractivity contribution in [3.05, 3.63) is 58.6 Å². The number of halogens is 1. The molecule has 0 aliphatic rings. The molecule has 0 bridgehead atoms. The van der Waals surface area contributed by atoms with Crippen LogP contribution in [-0.2, 0) is 20.7 Å². The summed E-state index contributed by atoms with van der Waals surface area (Å²) in [5.74, 6) is -0.182. The molecule has 120 valence electrons. The van der Waals surface area contributed by atoms with Gasteiger partial charge in [0.15, 0.2) is 6.61 Å². The van der Waals surface area contributed by atoms with Crippen molar-refractivity contribution in [2.45, 2.75) is 6.42 Å². The third-order valence-corrected chi connectivity index (χ3v) is 3.50. The predicted molar refractivity (Wildman–Crippen MR) is 90.4 cm³/mol. The van der Waals surface area contributed by atoms with E-state index >= 15 is 0 Å². The fourth-order valence-corrected chi connectivity index (χ4v) is 2.14. The van der Waals surface area contributed by atoms with Crippen LogP contribution < -0.4 is 10.1 Å². The number of anilines is 1. The summed E-state index contributed by atoms with van der Waals surface area (Å²) in [5, 5.41) is 2.65. The minimum absolute atomic E-state index is 0.0861. The third kappa shape index (κ3) is 5.75. The number of esters is 1. The zero-order chi connectivity index (χ0) is 16.7. The molecule has 2 aromatic carbocycles. The molecule has 0 spiro atoms. The number of carbonyl (C=O) groups is 2. The molecule has 0 atom stereocenters. The Labute approximate surface area is 142 Å². The monoisotopic (exact) mass is 377 g/mol. The molecule has 0 heterocycles. The molecule has 23 heavy (non-hydrogen) atoms. The molecule has 0 saturated heterocycles. The summed E-state index contributed by atoms with van der Waals surface area (Å²) in [7, 11) is 1.56. The smallest absolute Gasteiger partial charge is 0.310 e. The Hall–Kier alpha value is -2.34. The van der Waals surface area contributed by atoms with Gasteiger partial charge < -0.3 is 14.8 Å². The Morgan fingerprint density at radius 1 is 1.13 bits per heavy atom. The van der Waals surface area contributed by atoms with Crippen LogP contribution >= 0.6 is 15.9 Å². The number of hydrogen-bond acceptors (Lipinski definition) is 4. The second-order valence-corrected chi connectivity index (χ2v) is 5.66. The Balaban J connectivity index is 1.79. The van der Waals surface area contributed by atoms with Crippen molar-refractivity contribution < 1.29 is 19.1 Å². The van der Waals surface area contributed by atoms with Crippen LogP contribution in [0, 0.1) is 0 Å². The molecule has 0 aliphatic carbocycles. The largest absolute Gasteiger partial charge is 0.497 e. The van der Waals surface area contributed by atoms with Crippen LogP contribution in [0.4, 0.5) is 5.69 Å². The van der Waals surface area contributed by atoms with Gasteiger partial charge in [0.25, 0.3) is 5.91 Å². The lowest BCUT2D eigenvalue weighted by molar-refractivity contribution is -0.146. The summed E-state index contributed by atoms with van der Waals surface area (Å²) in [6, 6.07) is 14.3. The summed E-state index contributed by atoms with van der Waals surface area (Å²) < 4.78 is 11.0. The lowest BCUT2D eigenvalue weighted by Crippen LogP contribution is -2.21. The number of rotatable bonds is 6. The molecule has 0 saturated carbocycles. The van der Waals surface area contributed by atoms with Crippen LogP contribution in [0.5, 0.6) is 5.75 Å². The van der Waals surface area contributed by atoms with Gasteiger partial charge in [0.05, 0.1) is 13.5 Å². The highest BCUT2D eigenvalue weighted by molar-refractivity contribution is 9.10. The number of benzene rings is 2. The standard InChI is InChI=1S/C17H16BrNO4/c1-22-15-4-2-3-12(9-15)10-17(21)23-11-16(20)19-14-7-5-13(18)6-8-14/h2-9H,10-11H2,1H3,(H,19,20). The first-order valence-corrected chi connectivity index (χ1v) is 7.70. The molecular weight excluding hydrogens is 362 g/mol. The maximum atomic E-state index is 11.8. The van der Waals surface area contributed by atoms with Crippen LogP contribution in [0.25, 0.3) is 0 Å². The quantitative estimate of drug-likeness (QED) is 0.785. The molecule has 6 heteroatoms. The summed E-state index contributed by atoms with van der Waals surface area (Å²) in [4.78, 5) is 23.5.